The van der Waals surface area contributed by atoms with Gasteiger partial charge in [-0.25, -0.2) is 8.42 Å². The van der Waals surface area contributed by atoms with Crippen molar-refractivity contribution in [1.82, 2.24) is 9.62 Å². The number of benzene rings is 2. The van der Waals surface area contributed by atoms with Crippen LogP contribution in [0, 0.1) is 6.92 Å². The number of anilines is 1. The van der Waals surface area contributed by atoms with Crippen LogP contribution in [0.1, 0.15) is 38.2 Å². The summed E-state index contributed by atoms with van der Waals surface area (Å²) in [7, 11) is -2.45. The van der Waals surface area contributed by atoms with Crippen LogP contribution in [0.25, 0.3) is 0 Å². The number of carbonyl (C=O) groups excluding carboxylic acids is 2. The van der Waals surface area contributed by atoms with Crippen LogP contribution in [0.2, 0.25) is 0 Å². The summed E-state index contributed by atoms with van der Waals surface area (Å²) in [6.07, 6.45) is 3.82. The van der Waals surface area contributed by atoms with Crippen LogP contribution in [-0.4, -0.2) is 56.3 Å². The molecule has 2 amide bonds. The number of rotatable bonds is 6. The monoisotopic (exact) mass is 485 g/mol. The molecule has 4 rings (SSSR count). The van der Waals surface area contributed by atoms with Gasteiger partial charge < -0.3 is 10.1 Å². The standard InChI is InChI=1S/C25H31N3O5S/c1-18-11-13-22(14-12-18)34(31,32)27-16-23(29)28(20-9-6-10-21(15-20)33-3)25(2,17-27)24(30)26-19-7-4-5-8-19/h6,9-15,19H,4-5,7-8,16-17H2,1-3H3,(H,26,30)/t25-/m0/s1. The quantitative estimate of drug-likeness (QED) is 0.679. The molecule has 1 aliphatic carbocycles. The number of amides is 2. The molecule has 1 heterocycles. The summed E-state index contributed by atoms with van der Waals surface area (Å²) >= 11 is 0. The number of hydrogen-bond donors (Lipinski definition) is 1. The van der Waals surface area contributed by atoms with E-state index >= 15 is 0 Å². The topological polar surface area (TPSA) is 96.0 Å². The highest BCUT2D eigenvalue weighted by molar-refractivity contribution is 7.89. The maximum absolute atomic E-state index is 13.7. The molecule has 0 unspecified atom stereocenters. The van der Waals surface area contributed by atoms with E-state index < -0.39 is 21.5 Å². The van der Waals surface area contributed by atoms with E-state index in [0.29, 0.717) is 11.4 Å². The van der Waals surface area contributed by atoms with E-state index in [9.17, 15) is 18.0 Å². The van der Waals surface area contributed by atoms with Crippen LogP contribution in [0.5, 0.6) is 5.75 Å². The maximum atomic E-state index is 13.7. The van der Waals surface area contributed by atoms with Gasteiger partial charge in [-0.15, -0.1) is 0 Å². The molecule has 1 N–H and O–H groups in total. The summed E-state index contributed by atoms with van der Waals surface area (Å²) in [5, 5.41) is 3.07. The Morgan fingerprint density at radius 3 is 2.44 bits per heavy atom. The molecular formula is C25H31N3O5S. The number of nitrogens with zero attached hydrogens (tertiary/aromatic N) is 2. The second-order valence-corrected chi connectivity index (χ2v) is 11.2. The minimum Gasteiger partial charge on any atom is -0.497 e. The Kier molecular flexibility index (Phi) is 6.69. The lowest BCUT2D eigenvalue weighted by atomic mass is 9.94. The molecule has 1 saturated heterocycles. The van der Waals surface area contributed by atoms with E-state index in [2.05, 4.69) is 5.32 Å². The number of carbonyl (C=O) groups is 2. The van der Waals surface area contributed by atoms with E-state index in [1.54, 1.807) is 43.3 Å². The number of aryl methyl sites for hydroxylation is 1. The van der Waals surface area contributed by atoms with E-state index in [4.69, 9.17) is 4.74 Å². The van der Waals surface area contributed by atoms with E-state index in [-0.39, 0.29) is 29.9 Å². The molecule has 182 valence electrons. The maximum Gasteiger partial charge on any atom is 0.247 e. The molecule has 0 spiro atoms. The number of nitrogens with one attached hydrogen (secondary N) is 1. The average molecular weight is 486 g/mol. The first kappa shape index (κ1) is 24.2. The summed E-state index contributed by atoms with van der Waals surface area (Å²) in [6, 6.07) is 13.4. The third-order valence-electron chi connectivity index (χ3n) is 6.69. The number of piperazine rings is 1. The Morgan fingerprint density at radius 1 is 1.12 bits per heavy atom. The van der Waals surface area contributed by atoms with E-state index in [1.165, 1.54) is 24.1 Å². The van der Waals surface area contributed by atoms with Crippen molar-refractivity contribution in [3.8, 4) is 5.75 Å². The molecule has 0 radical (unpaired) electrons. The van der Waals surface area contributed by atoms with Crippen LogP contribution in [0.3, 0.4) is 0 Å². The fourth-order valence-corrected chi connectivity index (χ4v) is 6.24. The van der Waals surface area contributed by atoms with Crippen molar-refractivity contribution < 1.29 is 22.7 Å². The largest absolute Gasteiger partial charge is 0.497 e. The molecular weight excluding hydrogens is 454 g/mol. The lowest BCUT2D eigenvalue weighted by Crippen LogP contribution is -2.70. The second-order valence-electron chi connectivity index (χ2n) is 9.25. The van der Waals surface area contributed by atoms with Crippen LogP contribution < -0.4 is 15.0 Å². The van der Waals surface area contributed by atoms with E-state index in [0.717, 1.165) is 35.6 Å². The minimum absolute atomic E-state index is 0.0238. The van der Waals surface area contributed by atoms with Gasteiger partial charge in [0.2, 0.25) is 21.8 Å². The highest BCUT2D eigenvalue weighted by Gasteiger charge is 2.51. The van der Waals surface area contributed by atoms with Crippen molar-refractivity contribution in [3.05, 3.63) is 54.1 Å². The first-order valence-corrected chi connectivity index (χ1v) is 12.9. The van der Waals surface area contributed by atoms with Gasteiger partial charge in [0.1, 0.15) is 11.3 Å². The van der Waals surface area contributed by atoms with Gasteiger partial charge >= 0.3 is 0 Å². The molecule has 1 aliphatic heterocycles. The highest BCUT2D eigenvalue weighted by Crippen LogP contribution is 2.34. The van der Waals surface area contributed by atoms with Gasteiger partial charge in [0.25, 0.3) is 0 Å². The molecule has 2 aliphatic rings. The second kappa shape index (κ2) is 9.38. The summed E-state index contributed by atoms with van der Waals surface area (Å²) in [5.74, 6) is -0.294. The minimum atomic E-state index is -3.98. The molecule has 34 heavy (non-hydrogen) atoms. The molecule has 0 aromatic heterocycles. The molecule has 0 bridgehead atoms. The summed E-state index contributed by atoms with van der Waals surface area (Å²) < 4.78 is 33.3. The first-order chi connectivity index (χ1) is 16.1. The van der Waals surface area contributed by atoms with Gasteiger partial charge in [0.15, 0.2) is 0 Å². The van der Waals surface area contributed by atoms with Crippen molar-refractivity contribution in [2.24, 2.45) is 0 Å². The van der Waals surface area contributed by atoms with Gasteiger partial charge in [0.05, 0.1) is 18.6 Å². The average Bonchev–Trinajstić information content (AvgIpc) is 3.32. The number of sulfonamides is 1. The summed E-state index contributed by atoms with van der Waals surface area (Å²) in [4.78, 5) is 28.7. The Hall–Kier alpha value is -2.91. The fraction of sp³-hybridized carbons (Fsp3) is 0.440. The van der Waals surface area contributed by atoms with Crippen molar-refractivity contribution in [3.63, 3.8) is 0 Å². The number of methoxy groups -OCH3 is 1. The first-order valence-electron chi connectivity index (χ1n) is 11.5. The van der Waals surface area contributed by atoms with Crippen LogP contribution >= 0.6 is 0 Å². The normalized spacial score (nSPS) is 22.1. The summed E-state index contributed by atoms with van der Waals surface area (Å²) in [6.45, 7) is 2.98. The van der Waals surface area contributed by atoms with Gasteiger partial charge in [-0.2, -0.15) is 4.31 Å². The number of ether oxygens (including phenoxy) is 1. The Balaban J connectivity index is 1.73. The molecule has 8 nitrogen and oxygen atoms in total. The number of hydrogen-bond acceptors (Lipinski definition) is 5. The van der Waals surface area contributed by atoms with Crippen molar-refractivity contribution in [2.75, 3.05) is 25.1 Å². The fourth-order valence-electron chi connectivity index (χ4n) is 4.76. The van der Waals surface area contributed by atoms with Gasteiger partial charge in [-0.3, -0.25) is 14.5 Å². The summed E-state index contributed by atoms with van der Waals surface area (Å²) in [5.41, 5.74) is -0.0262. The molecule has 1 saturated carbocycles. The van der Waals surface area contributed by atoms with Crippen LogP contribution in [0.4, 0.5) is 5.69 Å². The zero-order valence-corrected chi connectivity index (χ0v) is 20.6. The zero-order chi connectivity index (χ0) is 24.5. The Morgan fingerprint density at radius 2 is 1.79 bits per heavy atom. The lowest BCUT2D eigenvalue weighted by molar-refractivity contribution is -0.133. The van der Waals surface area contributed by atoms with Crippen molar-refractivity contribution >= 4 is 27.5 Å². The van der Waals surface area contributed by atoms with Crippen LogP contribution in [0.15, 0.2) is 53.4 Å². The van der Waals surface area contributed by atoms with Crippen molar-refractivity contribution in [1.29, 1.82) is 0 Å². The zero-order valence-electron chi connectivity index (χ0n) is 19.8. The van der Waals surface area contributed by atoms with Gasteiger partial charge in [0, 0.05) is 24.3 Å². The molecule has 2 aromatic rings. The molecule has 9 heteroatoms. The Labute approximate surface area is 200 Å². The van der Waals surface area contributed by atoms with Crippen molar-refractivity contribution in [2.45, 2.75) is 56.0 Å². The third kappa shape index (κ3) is 4.54. The molecule has 2 aromatic carbocycles. The highest BCUT2D eigenvalue weighted by atomic mass is 32.2. The molecule has 1 atom stereocenters. The Bertz CT molecular complexity index is 1180. The molecule has 2 fully saturated rings. The van der Waals surface area contributed by atoms with Crippen LogP contribution in [-0.2, 0) is 19.6 Å². The SMILES string of the molecule is COc1cccc(N2C(=O)CN(S(=O)(=O)c3ccc(C)cc3)C[C@@]2(C)C(=O)NC2CCCC2)c1. The predicted octanol–water partition coefficient (Wildman–Crippen LogP) is 2.86. The van der Waals surface area contributed by atoms with Gasteiger partial charge in [-0.05, 0) is 51.0 Å². The third-order valence-corrected chi connectivity index (χ3v) is 8.49. The lowest BCUT2D eigenvalue weighted by Gasteiger charge is -2.47. The van der Waals surface area contributed by atoms with E-state index in [1.807, 2.05) is 6.92 Å². The predicted molar refractivity (Wildman–Crippen MR) is 129 cm³/mol. The van der Waals surface area contributed by atoms with Gasteiger partial charge in [-0.1, -0.05) is 36.6 Å². The smallest absolute Gasteiger partial charge is 0.247 e.